The molecule has 1 unspecified atom stereocenters. The van der Waals surface area contributed by atoms with Crippen LogP contribution in [0.15, 0.2) is 24.3 Å². The molecule has 3 heteroatoms. The second-order valence-corrected chi connectivity index (χ2v) is 10.1. The van der Waals surface area contributed by atoms with Crippen LogP contribution < -0.4 is 0 Å². The molecule has 27 heavy (non-hydrogen) atoms. The Morgan fingerprint density at radius 2 is 1.56 bits per heavy atom. The van der Waals surface area contributed by atoms with Crippen LogP contribution in [-0.2, 0) is 16.0 Å². The monoisotopic (exact) mass is 365 g/mol. The summed E-state index contributed by atoms with van der Waals surface area (Å²) < 4.78 is 0. The Balaban J connectivity index is 1.23. The fourth-order valence-corrected chi connectivity index (χ4v) is 7.10. The van der Waals surface area contributed by atoms with Crippen LogP contribution in [0, 0.1) is 36.0 Å². The summed E-state index contributed by atoms with van der Waals surface area (Å²) in [6.07, 6.45) is 10.5. The molecule has 1 heterocycles. The maximum Gasteiger partial charge on any atom is 0.233 e. The van der Waals surface area contributed by atoms with Crippen molar-refractivity contribution in [1.29, 1.82) is 0 Å². The van der Waals surface area contributed by atoms with Crippen LogP contribution in [0.3, 0.4) is 0 Å². The summed E-state index contributed by atoms with van der Waals surface area (Å²) in [7, 11) is 0. The number of hydrogen-bond donors (Lipinski definition) is 0. The summed E-state index contributed by atoms with van der Waals surface area (Å²) in [5.74, 6) is 2.75. The summed E-state index contributed by atoms with van der Waals surface area (Å²) in [4.78, 5) is 27.1. The summed E-state index contributed by atoms with van der Waals surface area (Å²) in [6, 6.07) is 8.35. The van der Waals surface area contributed by atoms with Gasteiger partial charge in [0.2, 0.25) is 11.8 Å². The van der Waals surface area contributed by atoms with Crippen molar-refractivity contribution >= 4 is 11.8 Å². The van der Waals surface area contributed by atoms with Gasteiger partial charge in [0.15, 0.2) is 0 Å². The number of nitrogens with zero attached hydrogens (tertiary/aromatic N) is 1. The van der Waals surface area contributed by atoms with Crippen LogP contribution in [0.2, 0.25) is 0 Å². The molecule has 6 rings (SSSR count). The van der Waals surface area contributed by atoms with Crippen molar-refractivity contribution in [3.63, 3.8) is 0 Å². The number of carbonyl (C=O) groups is 2. The molecule has 1 aromatic rings. The van der Waals surface area contributed by atoms with Gasteiger partial charge in [-0.25, -0.2) is 0 Å². The van der Waals surface area contributed by atoms with Crippen molar-refractivity contribution in [2.24, 2.45) is 29.1 Å². The number of likely N-dealkylation sites (tertiary alicyclic amines) is 1. The lowest BCUT2D eigenvalue weighted by Crippen LogP contribution is -2.47. The van der Waals surface area contributed by atoms with Crippen LogP contribution in [-0.4, -0.2) is 23.3 Å². The van der Waals surface area contributed by atoms with Gasteiger partial charge in [-0.3, -0.25) is 14.5 Å². The van der Waals surface area contributed by atoms with Crippen molar-refractivity contribution in [3.05, 3.63) is 35.4 Å². The number of hydrogen-bond acceptors (Lipinski definition) is 2. The van der Waals surface area contributed by atoms with Gasteiger partial charge < -0.3 is 0 Å². The van der Waals surface area contributed by atoms with Gasteiger partial charge in [0.25, 0.3) is 0 Å². The van der Waals surface area contributed by atoms with Gasteiger partial charge in [-0.2, -0.15) is 0 Å². The van der Waals surface area contributed by atoms with Crippen molar-refractivity contribution < 1.29 is 9.59 Å². The Morgan fingerprint density at radius 3 is 2.15 bits per heavy atom. The van der Waals surface area contributed by atoms with E-state index in [-0.39, 0.29) is 17.7 Å². The first kappa shape index (κ1) is 17.5. The summed E-state index contributed by atoms with van der Waals surface area (Å²) in [5.41, 5.74) is 2.82. The molecule has 0 radical (unpaired) electrons. The minimum atomic E-state index is -0.156. The largest absolute Gasteiger partial charge is 0.282 e. The molecule has 4 aliphatic carbocycles. The third-order valence-corrected chi connectivity index (χ3v) is 7.97. The maximum atomic E-state index is 12.9. The average molecular weight is 366 g/mol. The van der Waals surface area contributed by atoms with E-state index >= 15 is 0 Å². The maximum absolute atomic E-state index is 12.9. The summed E-state index contributed by atoms with van der Waals surface area (Å²) in [6.45, 7) is 2.73. The molecule has 4 saturated carbocycles. The standard InChI is InChI=1S/C24H31NO2/c1-16-2-4-17(5-3-16)11-21-12-22(26)25(23(21)27)7-6-24-13-18-8-19(14-24)10-20(9-18)15-24/h2-5,18-21H,6-15H2,1H3. The molecule has 144 valence electrons. The Bertz CT molecular complexity index is 715. The Hall–Kier alpha value is -1.64. The molecule has 0 N–H and O–H groups in total. The Morgan fingerprint density at radius 1 is 0.963 bits per heavy atom. The number of amides is 2. The fourth-order valence-electron chi connectivity index (χ4n) is 7.10. The van der Waals surface area contributed by atoms with Crippen LogP contribution in [0.1, 0.15) is 62.5 Å². The second-order valence-electron chi connectivity index (χ2n) is 10.1. The molecular weight excluding hydrogens is 334 g/mol. The topological polar surface area (TPSA) is 37.4 Å². The van der Waals surface area contributed by atoms with Crippen molar-refractivity contribution in [1.82, 2.24) is 4.90 Å². The van der Waals surface area contributed by atoms with Crippen molar-refractivity contribution in [3.8, 4) is 0 Å². The second kappa shape index (κ2) is 6.46. The van der Waals surface area contributed by atoms with Crippen LogP contribution in [0.25, 0.3) is 0 Å². The van der Waals surface area contributed by atoms with E-state index in [4.69, 9.17) is 0 Å². The smallest absolute Gasteiger partial charge is 0.233 e. The molecule has 1 atom stereocenters. The lowest BCUT2D eigenvalue weighted by atomic mass is 9.49. The van der Waals surface area contributed by atoms with Gasteiger partial charge in [-0.1, -0.05) is 29.8 Å². The van der Waals surface area contributed by atoms with Crippen LogP contribution in [0.5, 0.6) is 0 Å². The Kier molecular flexibility index (Phi) is 4.18. The van der Waals surface area contributed by atoms with E-state index in [2.05, 4.69) is 31.2 Å². The molecule has 2 amide bonds. The molecule has 4 bridgehead atoms. The lowest BCUT2D eigenvalue weighted by Gasteiger charge is -2.57. The van der Waals surface area contributed by atoms with Crippen molar-refractivity contribution in [2.75, 3.05) is 6.54 Å². The molecular formula is C24H31NO2. The van der Waals surface area contributed by atoms with E-state index in [0.717, 1.165) is 29.7 Å². The quantitative estimate of drug-likeness (QED) is 0.720. The molecule has 1 aromatic carbocycles. The van der Waals surface area contributed by atoms with Crippen molar-refractivity contribution in [2.45, 2.75) is 64.7 Å². The highest BCUT2D eigenvalue weighted by Crippen LogP contribution is 2.61. The first-order valence-electron chi connectivity index (χ1n) is 10.9. The number of rotatable bonds is 5. The molecule has 0 aromatic heterocycles. The van der Waals surface area contributed by atoms with Gasteiger partial charge in [0.1, 0.15) is 0 Å². The normalized spacial score (nSPS) is 37.4. The fraction of sp³-hybridized carbons (Fsp3) is 0.667. The first-order valence-corrected chi connectivity index (χ1v) is 10.9. The highest BCUT2D eigenvalue weighted by molar-refractivity contribution is 6.03. The van der Waals surface area contributed by atoms with Gasteiger partial charge in [0, 0.05) is 13.0 Å². The number of benzene rings is 1. The molecule has 0 spiro atoms. The van der Waals surface area contributed by atoms with E-state index < -0.39 is 0 Å². The third kappa shape index (κ3) is 3.23. The Labute approximate surface area is 162 Å². The van der Waals surface area contributed by atoms with Crippen LogP contribution >= 0.6 is 0 Å². The highest BCUT2D eigenvalue weighted by atomic mass is 16.2. The molecule has 3 nitrogen and oxygen atoms in total. The first-order chi connectivity index (χ1) is 13.0. The van der Waals surface area contributed by atoms with E-state index in [1.807, 2.05) is 0 Å². The van der Waals surface area contributed by atoms with E-state index in [9.17, 15) is 9.59 Å². The summed E-state index contributed by atoms with van der Waals surface area (Å²) >= 11 is 0. The van der Waals surface area contributed by atoms with Gasteiger partial charge >= 0.3 is 0 Å². The van der Waals surface area contributed by atoms with E-state index in [1.54, 1.807) is 4.90 Å². The van der Waals surface area contributed by atoms with Gasteiger partial charge in [-0.05, 0) is 87.0 Å². The molecule has 1 aliphatic heterocycles. The number of imide groups is 1. The number of aryl methyl sites for hydroxylation is 1. The van der Waals surface area contributed by atoms with E-state index in [0.29, 0.717) is 24.8 Å². The zero-order chi connectivity index (χ0) is 18.6. The SMILES string of the molecule is Cc1ccc(CC2CC(=O)N(CCC34CC5CC(CC(C5)C3)C4)C2=O)cc1. The molecule has 1 saturated heterocycles. The molecule has 5 fully saturated rings. The van der Waals surface area contributed by atoms with E-state index in [1.165, 1.54) is 44.1 Å². The van der Waals surface area contributed by atoms with Crippen LogP contribution in [0.4, 0.5) is 0 Å². The minimum absolute atomic E-state index is 0.0573. The lowest BCUT2D eigenvalue weighted by molar-refractivity contribution is -0.140. The predicted molar refractivity (Wildman–Crippen MR) is 105 cm³/mol. The predicted octanol–water partition coefficient (Wildman–Crippen LogP) is 4.52. The zero-order valence-corrected chi connectivity index (χ0v) is 16.5. The molecule has 5 aliphatic rings. The number of carbonyl (C=O) groups excluding carboxylic acids is 2. The zero-order valence-electron chi connectivity index (χ0n) is 16.5. The van der Waals surface area contributed by atoms with Gasteiger partial charge in [-0.15, -0.1) is 0 Å². The minimum Gasteiger partial charge on any atom is -0.282 e. The average Bonchev–Trinajstić information content (AvgIpc) is 2.87. The highest BCUT2D eigenvalue weighted by Gasteiger charge is 2.51. The van der Waals surface area contributed by atoms with Gasteiger partial charge in [0.05, 0.1) is 5.92 Å². The summed E-state index contributed by atoms with van der Waals surface area (Å²) in [5, 5.41) is 0. The third-order valence-electron chi connectivity index (χ3n) is 7.97.